The van der Waals surface area contributed by atoms with Crippen molar-refractivity contribution in [1.82, 2.24) is 25.5 Å². The lowest BCUT2D eigenvalue weighted by atomic mass is 10.1. The van der Waals surface area contributed by atoms with Gasteiger partial charge >= 0.3 is 6.03 Å². The third-order valence-electron chi connectivity index (χ3n) is 4.67. The summed E-state index contributed by atoms with van der Waals surface area (Å²) in [5.41, 5.74) is 1.10. The molecule has 3 aromatic rings. The van der Waals surface area contributed by atoms with Gasteiger partial charge in [-0.25, -0.2) is 14.2 Å². The Labute approximate surface area is 182 Å². The molecule has 0 aliphatic rings. The Morgan fingerprint density at radius 3 is 2.71 bits per heavy atom. The Kier molecular flexibility index (Phi) is 7.35. The fourth-order valence-electron chi connectivity index (χ4n) is 3.11. The van der Waals surface area contributed by atoms with Crippen molar-refractivity contribution >= 4 is 33.5 Å². The number of H-pyrrole nitrogens is 1. The molecule has 1 atom stereocenters. The fraction of sp³-hybridized carbons (Fsp3) is 0.333. The van der Waals surface area contributed by atoms with Crippen molar-refractivity contribution in [1.29, 1.82) is 0 Å². The van der Waals surface area contributed by atoms with Crippen LogP contribution in [0.4, 0.5) is 9.18 Å². The predicted octanol–water partition coefficient (Wildman–Crippen LogP) is 2.75. The number of rotatable bonds is 8. The van der Waals surface area contributed by atoms with Gasteiger partial charge in [0.2, 0.25) is 5.91 Å². The topological polar surface area (TPSA) is 107 Å². The third-order valence-corrected chi connectivity index (χ3v) is 5.58. The summed E-state index contributed by atoms with van der Waals surface area (Å²) in [5.74, 6) is -0.256. The van der Waals surface area contributed by atoms with Crippen molar-refractivity contribution in [3.05, 3.63) is 63.3 Å². The van der Waals surface area contributed by atoms with E-state index in [9.17, 15) is 18.8 Å². The highest BCUT2D eigenvalue weighted by atomic mass is 32.1. The van der Waals surface area contributed by atoms with Crippen molar-refractivity contribution < 1.29 is 14.0 Å². The lowest BCUT2D eigenvalue weighted by Gasteiger charge is -2.24. The number of carbonyl (C=O) groups excluding carboxylic acids is 2. The molecule has 0 aliphatic carbocycles. The Balaban J connectivity index is 1.60. The monoisotopic (exact) mass is 445 g/mol. The number of benzene rings is 1. The van der Waals surface area contributed by atoms with E-state index in [4.69, 9.17) is 0 Å². The Morgan fingerprint density at radius 2 is 2.00 bits per heavy atom. The minimum atomic E-state index is -0.722. The van der Waals surface area contributed by atoms with Gasteiger partial charge in [-0.1, -0.05) is 25.5 Å². The lowest BCUT2D eigenvalue weighted by Crippen LogP contribution is -2.50. The quantitative estimate of drug-likeness (QED) is 0.496. The van der Waals surface area contributed by atoms with Crippen LogP contribution < -0.4 is 16.2 Å². The third kappa shape index (κ3) is 5.88. The predicted molar refractivity (Wildman–Crippen MR) is 117 cm³/mol. The average molecular weight is 446 g/mol. The van der Waals surface area contributed by atoms with Gasteiger partial charge in [0.15, 0.2) is 0 Å². The van der Waals surface area contributed by atoms with Crippen molar-refractivity contribution in [3.8, 4) is 0 Å². The van der Waals surface area contributed by atoms with Crippen molar-refractivity contribution in [2.24, 2.45) is 0 Å². The largest absolute Gasteiger partial charge is 0.337 e. The van der Waals surface area contributed by atoms with Gasteiger partial charge in [-0.15, -0.1) is 11.3 Å². The van der Waals surface area contributed by atoms with E-state index in [2.05, 4.69) is 20.6 Å². The van der Waals surface area contributed by atoms with Crippen LogP contribution in [0.3, 0.4) is 0 Å². The number of halogens is 1. The van der Waals surface area contributed by atoms with Crippen molar-refractivity contribution in [2.75, 3.05) is 7.05 Å². The Morgan fingerprint density at radius 1 is 1.26 bits per heavy atom. The fourth-order valence-corrected chi connectivity index (χ4v) is 3.83. The summed E-state index contributed by atoms with van der Waals surface area (Å²) in [6, 6.07) is 6.34. The Hall–Kier alpha value is -3.27. The molecule has 0 fully saturated rings. The van der Waals surface area contributed by atoms with E-state index in [1.165, 1.54) is 28.4 Å². The number of nitrogens with one attached hydrogen (secondary N) is 3. The number of aromatic amines is 1. The molecular weight excluding hydrogens is 421 g/mol. The standard InChI is InChI=1S/C21H24FN5O3S/c1-3-4-16(25-21(30)23-11-13-5-7-14(22)8-6-13)20(29)27(2)12-17-24-15-9-10-31-18(15)19(28)26-17/h5-10,16H,3-4,11-12H2,1-2H3,(H2,23,25,30)(H,24,26,28). The second kappa shape index (κ2) is 10.2. The highest BCUT2D eigenvalue weighted by molar-refractivity contribution is 7.17. The molecule has 1 unspecified atom stereocenters. The van der Waals surface area contributed by atoms with E-state index >= 15 is 0 Å². The SMILES string of the molecule is CCCC(NC(=O)NCc1ccc(F)cc1)C(=O)N(C)Cc1nc2ccsc2c(=O)[nH]1. The van der Waals surface area contributed by atoms with Crippen LogP contribution in [-0.2, 0) is 17.9 Å². The van der Waals surface area contributed by atoms with Crippen LogP contribution in [0.5, 0.6) is 0 Å². The second-order valence-corrected chi connectivity index (χ2v) is 8.05. The van der Waals surface area contributed by atoms with E-state index in [0.29, 0.717) is 28.9 Å². The first-order valence-electron chi connectivity index (χ1n) is 9.87. The molecule has 0 saturated heterocycles. The number of nitrogens with zero attached hydrogens (tertiary/aromatic N) is 2. The van der Waals surface area contributed by atoms with Crippen LogP contribution in [0, 0.1) is 5.82 Å². The molecule has 3 amide bonds. The van der Waals surface area contributed by atoms with Gasteiger partial charge in [0, 0.05) is 13.6 Å². The number of fused-ring (bicyclic) bond motifs is 1. The zero-order valence-corrected chi connectivity index (χ0v) is 18.1. The molecule has 0 saturated carbocycles. The van der Waals surface area contributed by atoms with Crippen LogP contribution in [0.2, 0.25) is 0 Å². The number of hydrogen-bond acceptors (Lipinski definition) is 5. The summed E-state index contributed by atoms with van der Waals surface area (Å²) in [6.45, 7) is 2.24. The van der Waals surface area contributed by atoms with Crippen LogP contribution in [0.1, 0.15) is 31.2 Å². The summed E-state index contributed by atoms with van der Waals surface area (Å²) >= 11 is 1.31. The number of carbonyl (C=O) groups is 2. The number of amides is 3. The van der Waals surface area contributed by atoms with Gasteiger partial charge < -0.3 is 20.5 Å². The number of aromatic nitrogens is 2. The van der Waals surface area contributed by atoms with Crippen molar-refractivity contribution in [2.45, 2.75) is 38.9 Å². The summed E-state index contributed by atoms with van der Waals surface area (Å²) in [7, 11) is 1.60. The normalized spacial score (nSPS) is 11.8. The molecule has 2 heterocycles. The van der Waals surface area contributed by atoms with Gasteiger partial charge in [0.25, 0.3) is 5.56 Å². The first-order valence-corrected chi connectivity index (χ1v) is 10.8. The molecule has 3 rings (SSSR count). The molecule has 164 valence electrons. The number of hydrogen-bond donors (Lipinski definition) is 3. The number of urea groups is 1. The summed E-state index contributed by atoms with van der Waals surface area (Å²) in [4.78, 5) is 45.8. The van der Waals surface area contributed by atoms with E-state index in [1.807, 2.05) is 6.92 Å². The lowest BCUT2D eigenvalue weighted by molar-refractivity contribution is -0.132. The average Bonchev–Trinajstić information content (AvgIpc) is 3.21. The zero-order valence-electron chi connectivity index (χ0n) is 17.3. The van der Waals surface area contributed by atoms with E-state index < -0.39 is 12.1 Å². The van der Waals surface area contributed by atoms with Crippen LogP contribution >= 0.6 is 11.3 Å². The highest BCUT2D eigenvalue weighted by Gasteiger charge is 2.24. The molecule has 10 heteroatoms. The molecule has 3 N–H and O–H groups in total. The van der Waals surface area contributed by atoms with Crippen molar-refractivity contribution in [3.63, 3.8) is 0 Å². The number of thiophene rings is 1. The van der Waals surface area contributed by atoms with Gasteiger partial charge in [-0.3, -0.25) is 9.59 Å². The first kappa shape index (κ1) is 22.4. The summed E-state index contributed by atoms with van der Waals surface area (Å²) in [6.07, 6.45) is 1.15. The van der Waals surface area contributed by atoms with Gasteiger partial charge in [-0.05, 0) is 35.6 Å². The minimum Gasteiger partial charge on any atom is -0.337 e. The second-order valence-electron chi connectivity index (χ2n) is 7.14. The highest BCUT2D eigenvalue weighted by Crippen LogP contribution is 2.14. The van der Waals surface area contributed by atoms with E-state index in [0.717, 1.165) is 5.56 Å². The molecule has 0 bridgehead atoms. The van der Waals surface area contributed by atoms with Gasteiger partial charge in [0.05, 0.1) is 12.1 Å². The maximum Gasteiger partial charge on any atom is 0.315 e. The van der Waals surface area contributed by atoms with E-state index in [-0.39, 0.29) is 30.4 Å². The number of likely N-dealkylation sites (N-methyl/N-ethyl adjacent to an activating group) is 1. The maximum atomic E-state index is 13.0. The molecular formula is C21H24FN5O3S. The van der Waals surface area contributed by atoms with Crippen LogP contribution in [-0.4, -0.2) is 39.9 Å². The molecule has 0 spiro atoms. The molecule has 2 aromatic heterocycles. The molecule has 1 aromatic carbocycles. The van der Waals surface area contributed by atoms with Crippen LogP contribution in [0.25, 0.3) is 10.2 Å². The van der Waals surface area contributed by atoms with E-state index in [1.54, 1.807) is 30.6 Å². The van der Waals surface area contributed by atoms with Crippen LogP contribution in [0.15, 0.2) is 40.5 Å². The summed E-state index contributed by atoms with van der Waals surface area (Å²) < 4.78 is 13.5. The molecule has 0 radical (unpaired) electrons. The first-order chi connectivity index (χ1) is 14.9. The molecule has 0 aliphatic heterocycles. The maximum absolute atomic E-state index is 13.0. The smallest absolute Gasteiger partial charge is 0.315 e. The van der Waals surface area contributed by atoms with Gasteiger partial charge in [0.1, 0.15) is 22.4 Å². The Bertz CT molecular complexity index is 1110. The van der Waals surface area contributed by atoms with Gasteiger partial charge in [-0.2, -0.15) is 0 Å². The molecule has 31 heavy (non-hydrogen) atoms. The summed E-state index contributed by atoms with van der Waals surface area (Å²) in [5, 5.41) is 7.16. The minimum absolute atomic E-state index is 0.110. The molecule has 8 nitrogen and oxygen atoms in total. The zero-order chi connectivity index (χ0) is 22.4.